The molecule has 0 aromatic heterocycles. The quantitative estimate of drug-likeness (QED) is 0.743. The molecule has 1 aromatic carbocycles. The standard InChI is InChI=1S/C14H20BrClFNO/c1-5-14(3,4)18-8-9(2)19-13-7-12(17)11(16)6-10(13)15/h6-7,9,18H,5,8H2,1-4H3. The zero-order valence-corrected chi connectivity index (χ0v) is 14.0. The Bertz CT molecular complexity index is 440. The van der Waals surface area contributed by atoms with E-state index in [-0.39, 0.29) is 16.7 Å². The molecule has 0 heterocycles. The number of nitrogens with one attached hydrogen (secondary N) is 1. The second-order valence-electron chi connectivity index (χ2n) is 5.24. The number of halogens is 3. The third-order valence-corrected chi connectivity index (χ3v) is 3.96. The van der Waals surface area contributed by atoms with Gasteiger partial charge in [0.25, 0.3) is 0 Å². The Morgan fingerprint density at radius 3 is 2.68 bits per heavy atom. The summed E-state index contributed by atoms with van der Waals surface area (Å²) >= 11 is 9.01. The summed E-state index contributed by atoms with van der Waals surface area (Å²) in [4.78, 5) is 0. The van der Waals surface area contributed by atoms with Crippen molar-refractivity contribution in [1.29, 1.82) is 0 Å². The number of benzene rings is 1. The van der Waals surface area contributed by atoms with Gasteiger partial charge in [0.1, 0.15) is 17.7 Å². The summed E-state index contributed by atoms with van der Waals surface area (Å²) < 4.78 is 19.8. The number of ether oxygens (including phenoxy) is 1. The van der Waals surface area contributed by atoms with E-state index in [2.05, 4.69) is 42.0 Å². The maximum absolute atomic E-state index is 13.4. The Morgan fingerprint density at radius 1 is 1.47 bits per heavy atom. The van der Waals surface area contributed by atoms with Crippen LogP contribution in [0.15, 0.2) is 16.6 Å². The van der Waals surface area contributed by atoms with Gasteiger partial charge in [-0.05, 0) is 49.2 Å². The molecule has 2 nitrogen and oxygen atoms in total. The monoisotopic (exact) mass is 351 g/mol. The van der Waals surface area contributed by atoms with E-state index in [9.17, 15) is 4.39 Å². The van der Waals surface area contributed by atoms with Crippen LogP contribution >= 0.6 is 27.5 Å². The summed E-state index contributed by atoms with van der Waals surface area (Å²) in [5.74, 6) is -0.0144. The Kier molecular flexibility index (Phi) is 6.09. The molecular weight excluding hydrogens is 333 g/mol. The summed E-state index contributed by atoms with van der Waals surface area (Å²) in [6.07, 6.45) is 0.960. The van der Waals surface area contributed by atoms with Crippen molar-refractivity contribution in [3.05, 3.63) is 27.4 Å². The normalized spacial score (nSPS) is 13.4. The predicted octanol–water partition coefficient (Wildman–Crippen LogP) is 4.79. The van der Waals surface area contributed by atoms with Crippen LogP contribution in [0.3, 0.4) is 0 Å². The lowest BCUT2D eigenvalue weighted by Crippen LogP contribution is -2.43. The van der Waals surface area contributed by atoms with E-state index in [0.29, 0.717) is 16.8 Å². The fourth-order valence-electron chi connectivity index (χ4n) is 1.40. The second-order valence-corrected chi connectivity index (χ2v) is 6.51. The highest BCUT2D eigenvalue weighted by Crippen LogP contribution is 2.31. The molecule has 0 saturated carbocycles. The minimum atomic E-state index is -0.478. The average Bonchev–Trinajstić information content (AvgIpc) is 2.34. The first-order chi connectivity index (χ1) is 8.75. The first kappa shape index (κ1) is 16.7. The number of rotatable bonds is 6. The van der Waals surface area contributed by atoms with Crippen molar-refractivity contribution in [3.8, 4) is 5.75 Å². The third-order valence-electron chi connectivity index (χ3n) is 3.05. The third kappa shape index (κ3) is 5.28. The van der Waals surface area contributed by atoms with Crippen molar-refractivity contribution < 1.29 is 9.13 Å². The lowest BCUT2D eigenvalue weighted by Gasteiger charge is -2.27. The summed E-state index contributed by atoms with van der Waals surface area (Å²) in [6, 6.07) is 2.80. The van der Waals surface area contributed by atoms with E-state index in [4.69, 9.17) is 16.3 Å². The van der Waals surface area contributed by atoms with Crippen molar-refractivity contribution in [1.82, 2.24) is 5.32 Å². The molecule has 19 heavy (non-hydrogen) atoms. The average molecular weight is 353 g/mol. The predicted molar refractivity (Wildman–Crippen MR) is 81.6 cm³/mol. The van der Waals surface area contributed by atoms with Crippen molar-refractivity contribution >= 4 is 27.5 Å². The molecule has 1 aromatic rings. The van der Waals surface area contributed by atoms with Crippen molar-refractivity contribution in [2.45, 2.75) is 45.8 Å². The Balaban J connectivity index is 2.62. The molecule has 1 rings (SSSR count). The molecule has 1 unspecified atom stereocenters. The Labute approximate surface area is 127 Å². The molecule has 0 bridgehead atoms. The van der Waals surface area contributed by atoms with Crippen LogP contribution in [-0.2, 0) is 0 Å². The van der Waals surface area contributed by atoms with Gasteiger partial charge in [-0.1, -0.05) is 18.5 Å². The van der Waals surface area contributed by atoms with Gasteiger partial charge in [-0.3, -0.25) is 0 Å². The van der Waals surface area contributed by atoms with E-state index < -0.39 is 5.82 Å². The fourth-order valence-corrected chi connectivity index (χ4v) is 2.13. The zero-order valence-electron chi connectivity index (χ0n) is 11.7. The van der Waals surface area contributed by atoms with Crippen LogP contribution in [0.2, 0.25) is 5.02 Å². The van der Waals surface area contributed by atoms with Gasteiger partial charge in [0.2, 0.25) is 0 Å². The molecule has 108 valence electrons. The van der Waals surface area contributed by atoms with Gasteiger partial charge in [0.15, 0.2) is 0 Å². The SMILES string of the molecule is CCC(C)(C)NCC(C)Oc1cc(F)c(Cl)cc1Br. The largest absolute Gasteiger partial charge is 0.488 e. The van der Waals surface area contributed by atoms with E-state index in [1.165, 1.54) is 12.1 Å². The minimum Gasteiger partial charge on any atom is -0.488 e. The molecule has 0 aliphatic heterocycles. The van der Waals surface area contributed by atoms with Gasteiger partial charge in [0, 0.05) is 18.2 Å². The maximum Gasteiger partial charge on any atom is 0.145 e. The van der Waals surface area contributed by atoms with Crippen LogP contribution in [0.25, 0.3) is 0 Å². The van der Waals surface area contributed by atoms with Crippen LogP contribution in [0.5, 0.6) is 5.75 Å². The zero-order chi connectivity index (χ0) is 14.6. The van der Waals surface area contributed by atoms with Gasteiger partial charge in [-0.2, -0.15) is 0 Å². The molecule has 1 atom stereocenters. The second kappa shape index (κ2) is 6.91. The van der Waals surface area contributed by atoms with Crippen LogP contribution < -0.4 is 10.1 Å². The molecule has 0 spiro atoms. The first-order valence-electron chi connectivity index (χ1n) is 6.31. The highest BCUT2D eigenvalue weighted by Gasteiger charge is 2.17. The van der Waals surface area contributed by atoms with Crippen molar-refractivity contribution in [3.63, 3.8) is 0 Å². The molecule has 0 fully saturated rings. The van der Waals surface area contributed by atoms with E-state index in [1.807, 2.05) is 6.92 Å². The van der Waals surface area contributed by atoms with Crippen molar-refractivity contribution in [2.75, 3.05) is 6.54 Å². The number of hydrogen-bond acceptors (Lipinski definition) is 2. The van der Waals surface area contributed by atoms with Crippen LogP contribution in [-0.4, -0.2) is 18.2 Å². The van der Waals surface area contributed by atoms with Crippen LogP contribution in [0.1, 0.15) is 34.1 Å². The van der Waals surface area contributed by atoms with Crippen molar-refractivity contribution in [2.24, 2.45) is 0 Å². The minimum absolute atomic E-state index is 0.0669. The Hall–Kier alpha value is -0.320. The van der Waals surface area contributed by atoms with Gasteiger partial charge >= 0.3 is 0 Å². The highest BCUT2D eigenvalue weighted by molar-refractivity contribution is 9.10. The smallest absolute Gasteiger partial charge is 0.145 e. The summed E-state index contributed by atoms with van der Waals surface area (Å²) in [5, 5.41) is 3.49. The van der Waals surface area contributed by atoms with Gasteiger partial charge < -0.3 is 10.1 Å². The molecule has 0 radical (unpaired) electrons. The Morgan fingerprint density at radius 2 is 2.11 bits per heavy atom. The molecular formula is C14H20BrClFNO. The van der Waals surface area contributed by atoms with E-state index >= 15 is 0 Å². The summed E-state index contributed by atoms with van der Waals surface area (Å²) in [7, 11) is 0. The molecule has 1 N–H and O–H groups in total. The van der Waals surface area contributed by atoms with E-state index in [1.54, 1.807) is 0 Å². The summed E-state index contributed by atoms with van der Waals surface area (Å²) in [5.41, 5.74) is 0.0695. The first-order valence-corrected chi connectivity index (χ1v) is 7.48. The van der Waals surface area contributed by atoms with Gasteiger partial charge in [-0.25, -0.2) is 4.39 Å². The highest BCUT2D eigenvalue weighted by atomic mass is 79.9. The van der Waals surface area contributed by atoms with Crippen LogP contribution in [0.4, 0.5) is 4.39 Å². The molecule has 0 saturated heterocycles. The topological polar surface area (TPSA) is 21.3 Å². The van der Waals surface area contributed by atoms with Gasteiger partial charge in [-0.15, -0.1) is 0 Å². The lowest BCUT2D eigenvalue weighted by atomic mass is 10.0. The summed E-state index contributed by atoms with van der Waals surface area (Å²) in [6.45, 7) is 9.04. The van der Waals surface area contributed by atoms with Gasteiger partial charge in [0.05, 0.1) is 9.50 Å². The molecule has 0 aliphatic rings. The lowest BCUT2D eigenvalue weighted by molar-refractivity contribution is 0.197. The van der Waals surface area contributed by atoms with Crippen LogP contribution in [0, 0.1) is 5.82 Å². The molecule has 0 amide bonds. The maximum atomic E-state index is 13.4. The molecule has 0 aliphatic carbocycles. The fraction of sp³-hybridized carbons (Fsp3) is 0.571. The van der Waals surface area contributed by atoms with E-state index in [0.717, 1.165) is 6.42 Å². The number of hydrogen-bond donors (Lipinski definition) is 1. The molecule has 5 heteroatoms.